The lowest BCUT2D eigenvalue weighted by Gasteiger charge is -2.19. The molecular formula is C20H18N2O3. The molecule has 0 aromatic heterocycles. The number of carbonyl (C=O) groups excluding carboxylic acids is 3. The van der Waals surface area contributed by atoms with Crippen molar-refractivity contribution in [3.05, 3.63) is 71.3 Å². The fourth-order valence-electron chi connectivity index (χ4n) is 2.82. The van der Waals surface area contributed by atoms with Gasteiger partial charge in [0.1, 0.15) is 0 Å². The summed E-state index contributed by atoms with van der Waals surface area (Å²) >= 11 is 0. The summed E-state index contributed by atoms with van der Waals surface area (Å²) in [5.41, 5.74) is 3.06. The van der Waals surface area contributed by atoms with E-state index < -0.39 is 11.8 Å². The van der Waals surface area contributed by atoms with Crippen molar-refractivity contribution in [2.24, 2.45) is 0 Å². The zero-order chi connectivity index (χ0) is 17.8. The van der Waals surface area contributed by atoms with Crippen LogP contribution in [0, 0.1) is 0 Å². The van der Waals surface area contributed by atoms with Gasteiger partial charge in [-0.1, -0.05) is 36.4 Å². The van der Waals surface area contributed by atoms with Gasteiger partial charge in [-0.05, 0) is 37.1 Å². The van der Waals surface area contributed by atoms with Gasteiger partial charge >= 0.3 is 0 Å². The third-order valence-corrected chi connectivity index (χ3v) is 4.08. The monoisotopic (exact) mass is 334 g/mol. The summed E-state index contributed by atoms with van der Waals surface area (Å²) in [5, 5.41) is 5.13. The minimum atomic E-state index is -0.424. The summed E-state index contributed by atoms with van der Waals surface area (Å²) in [6.45, 7) is 1.74. The first kappa shape index (κ1) is 16.6. The van der Waals surface area contributed by atoms with Gasteiger partial charge in [-0.15, -0.1) is 0 Å². The zero-order valence-electron chi connectivity index (χ0n) is 13.8. The van der Waals surface area contributed by atoms with E-state index in [4.69, 9.17) is 0 Å². The Bertz CT molecular complexity index is 870. The van der Waals surface area contributed by atoms with Gasteiger partial charge in [0, 0.05) is 28.8 Å². The van der Waals surface area contributed by atoms with Crippen LogP contribution in [0.4, 0.5) is 5.69 Å². The third-order valence-electron chi connectivity index (χ3n) is 4.08. The number of amides is 3. The molecule has 5 nitrogen and oxygen atoms in total. The maximum absolute atomic E-state index is 12.2. The highest BCUT2D eigenvalue weighted by atomic mass is 16.2. The van der Waals surface area contributed by atoms with Crippen LogP contribution in [-0.2, 0) is 16.0 Å². The highest BCUT2D eigenvalue weighted by molar-refractivity contribution is 6.31. The number of imide groups is 1. The Morgan fingerprint density at radius 3 is 2.52 bits per heavy atom. The first-order chi connectivity index (χ1) is 12.1. The zero-order valence-corrected chi connectivity index (χ0v) is 13.8. The van der Waals surface area contributed by atoms with Crippen molar-refractivity contribution >= 4 is 29.0 Å². The van der Waals surface area contributed by atoms with Crippen molar-refractivity contribution in [3.8, 4) is 0 Å². The van der Waals surface area contributed by atoms with Crippen LogP contribution in [0.2, 0.25) is 0 Å². The summed E-state index contributed by atoms with van der Waals surface area (Å²) in [6.07, 6.45) is 2.66. The first-order valence-electron chi connectivity index (χ1n) is 8.08. The molecule has 0 saturated carbocycles. The summed E-state index contributed by atoms with van der Waals surface area (Å²) in [7, 11) is 0. The first-order valence-corrected chi connectivity index (χ1v) is 8.08. The molecule has 0 atom stereocenters. The van der Waals surface area contributed by atoms with E-state index in [0.29, 0.717) is 35.2 Å². The van der Waals surface area contributed by atoms with Crippen LogP contribution < -0.4 is 10.6 Å². The van der Waals surface area contributed by atoms with Gasteiger partial charge in [-0.25, -0.2) is 0 Å². The fraction of sp³-hybridized carbons (Fsp3) is 0.150. The average Bonchev–Trinajstić information content (AvgIpc) is 2.61. The van der Waals surface area contributed by atoms with E-state index >= 15 is 0 Å². The minimum Gasteiger partial charge on any atom is -0.326 e. The number of aryl methyl sites for hydroxylation is 1. The van der Waals surface area contributed by atoms with Crippen LogP contribution in [0.15, 0.2) is 54.6 Å². The number of rotatable bonds is 4. The van der Waals surface area contributed by atoms with Crippen LogP contribution >= 0.6 is 0 Å². The Labute approximate surface area is 145 Å². The van der Waals surface area contributed by atoms with Crippen molar-refractivity contribution in [1.29, 1.82) is 0 Å². The molecule has 2 aromatic carbocycles. The molecule has 1 heterocycles. The van der Waals surface area contributed by atoms with Crippen LogP contribution in [0.5, 0.6) is 0 Å². The second kappa shape index (κ2) is 7.13. The molecule has 0 bridgehead atoms. The number of anilines is 1. The highest BCUT2D eigenvalue weighted by Gasteiger charge is 2.26. The van der Waals surface area contributed by atoms with E-state index in [1.807, 2.05) is 30.3 Å². The SMILES string of the molecule is C/C=C1/C(=O)NC(=O)c2ccc(NC(=O)CCc3ccccc3)cc21. The van der Waals surface area contributed by atoms with E-state index in [-0.39, 0.29) is 5.91 Å². The molecule has 0 aliphatic carbocycles. The minimum absolute atomic E-state index is 0.114. The number of hydrogen-bond acceptors (Lipinski definition) is 3. The second-order valence-corrected chi connectivity index (χ2v) is 5.78. The topological polar surface area (TPSA) is 75.3 Å². The lowest BCUT2D eigenvalue weighted by molar-refractivity contribution is -0.116. The summed E-state index contributed by atoms with van der Waals surface area (Å²) in [6, 6.07) is 14.7. The molecule has 0 saturated heterocycles. The van der Waals surface area contributed by atoms with Gasteiger partial charge in [0.15, 0.2) is 0 Å². The van der Waals surface area contributed by atoms with Gasteiger partial charge in [-0.3, -0.25) is 19.7 Å². The standard InChI is InChI=1S/C20H18N2O3/c1-2-15-17-12-14(9-10-16(17)20(25)22-19(15)24)21-18(23)11-8-13-6-4-3-5-7-13/h2-7,9-10,12H,8,11H2,1H3,(H,21,23)(H,22,24,25)/b15-2+. The molecule has 25 heavy (non-hydrogen) atoms. The largest absolute Gasteiger partial charge is 0.326 e. The number of fused-ring (bicyclic) bond motifs is 1. The van der Waals surface area contributed by atoms with Crippen LogP contribution in [-0.4, -0.2) is 17.7 Å². The van der Waals surface area contributed by atoms with Gasteiger partial charge in [0.05, 0.1) is 0 Å². The molecule has 1 aliphatic rings. The molecular weight excluding hydrogens is 316 g/mol. The quantitative estimate of drug-likeness (QED) is 0.667. The molecule has 2 N–H and O–H groups in total. The number of benzene rings is 2. The van der Waals surface area contributed by atoms with Crippen LogP contribution in [0.25, 0.3) is 5.57 Å². The van der Waals surface area contributed by atoms with E-state index in [9.17, 15) is 14.4 Å². The Kier molecular flexibility index (Phi) is 4.75. The van der Waals surface area contributed by atoms with E-state index in [1.54, 1.807) is 31.2 Å². The van der Waals surface area contributed by atoms with Crippen molar-refractivity contribution in [3.63, 3.8) is 0 Å². The Morgan fingerprint density at radius 2 is 1.80 bits per heavy atom. The molecule has 126 valence electrons. The summed E-state index contributed by atoms with van der Waals surface area (Å²) < 4.78 is 0. The van der Waals surface area contributed by atoms with Gasteiger partial charge in [0.2, 0.25) is 5.91 Å². The molecule has 5 heteroatoms. The van der Waals surface area contributed by atoms with Gasteiger partial charge in [0.25, 0.3) is 11.8 Å². The summed E-state index contributed by atoms with van der Waals surface area (Å²) in [4.78, 5) is 36.0. The van der Waals surface area contributed by atoms with Crippen molar-refractivity contribution in [2.75, 3.05) is 5.32 Å². The lowest BCUT2D eigenvalue weighted by Crippen LogP contribution is -2.36. The number of hydrogen-bond donors (Lipinski definition) is 2. The van der Waals surface area contributed by atoms with E-state index in [1.165, 1.54) is 0 Å². The van der Waals surface area contributed by atoms with Crippen LogP contribution in [0.3, 0.4) is 0 Å². The van der Waals surface area contributed by atoms with Gasteiger partial charge in [-0.2, -0.15) is 0 Å². The lowest BCUT2D eigenvalue weighted by atomic mass is 9.94. The molecule has 0 radical (unpaired) electrons. The number of allylic oxidation sites excluding steroid dienone is 1. The Morgan fingerprint density at radius 1 is 1.04 bits per heavy atom. The maximum atomic E-state index is 12.2. The van der Waals surface area contributed by atoms with Gasteiger partial charge < -0.3 is 5.32 Å². The Balaban J connectivity index is 1.73. The van der Waals surface area contributed by atoms with E-state index in [2.05, 4.69) is 10.6 Å². The summed E-state index contributed by atoms with van der Waals surface area (Å²) in [5.74, 6) is -0.961. The normalized spacial score (nSPS) is 14.8. The predicted molar refractivity (Wildman–Crippen MR) is 96.0 cm³/mol. The Hall–Kier alpha value is -3.21. The van der Waals surface area contributed by atoms with E-state index in [0.717, 1.165) is 5.56 Å². The van der Waals surface area contributed by atoms with Crippen LogP contribution in [0.1, 0.15) is 34.8 Å². The number of carbonyl (C=O) groups is 3. The molecule has 3 amide bonds. The highest BCUT2D eigenvalue weighted by Crippen LogP contribution is 2.27. The molecule has 1 aliphatic heterocycles. The third kappa shape index (κ3) is 3.66. The molecule has 0 fully saturated rings. The maximum Gasteiger partial charge on any atom is 0.258 e. The second-order valence-electron chi connectivity index (χ2n) is 5.78. The predicted octanol–water partition coefficient (Wildman–Crippen LogP) is 2.93. The average molecular weight is 334 g/mol. The van der Waals surface area contributed by atoms with Crippen molar-refractivity contribution in [1.82, 2.24) is 5.32 Å². The molecule has 0 unspecified atom stereocenters. The smallest absolute Gasteiger partial charge is 0.258 e. The fourth-order valence-corrected chi connectivity index (χ4v) is 2.82. The van der Waals surface area contributed by atoms with Crippen molar-refractivity contribution in [2.45, 2.75) is 19.8 Å². The number of nitrogens with one attached hydrogen (secondary N) is 2. The molecule has 3 rings (SSSR count). The molecule has 0 spiro atoms. The van der Waals surface area contributed by atoms with Crippen molar-refractivity contribution < 1.29 is 14.4 Å². The molecule has 2 aromatic rings.